The maximum atomic E-state index is 6.33. The minimum absolute atomic E-state index is 0.452. The molecule has 27 heavy (non-hydrogen) atoms. The molecule has 0 N–H and O–H groups in total. The van der Waals surface area contributed by atoms with Gasteiger partial charge in [-0.3, -0.25) is 9.47 Å². The zero-order valence-corrected chi connectivity index (χ0v) is 17.0. The molecule has 5 heteroatoms. The van der Waals surface area contributed by atoms with Gasteiger partial charge in [0.2, 0.25) is 0 Å². The Kier molecular flexibility index (Phi) is 4.18. The Labute approximate surface area is 173 Å². The number of likely N-dealkylation sites (N-methyl/N-ethyl adjacent to an activating group) is 1. The minimum atomic E-state index is 0.452. The average Bonchev–Trinajstić information content (AvgIpc) is 3.06. The number of fused-ring (bicyclic) bond motifs is 6. The quantitative estimate of drug-likeness (QED) is 0.400. The number of nitrogens with zero attached hydrogens (tertiary/aromatic N) is 2. The van der Waals surface area contributed by atoms with Crippen molar-refractivity contribution in [3.8, 4) is 12.0 Å². The van der Waals surface area contributed by atoms with Crippen LogP contribution in [0.1, 0.15) is 35.7 Å². The monoisotopic (exact) mass is 414 g/mol. The van der Waals surface area contributed by atoms with Gasteiger partial charge in [0.05, 0.1) is 15.6 Å². The first-order valence-electron chi connectivity index (χ1n) is 9.04. The lowest BCUT2D eigenvalue weighted by Crippen LogP contribution is -2.34. The summed E-state index contributed by atoms with van der Waals surface area (Å²) in [5, 5.41) is 3.05. The van der Waals surface area contributed by atoms with E-state index in [0.717, 1.165) is 22.5 Å². The number of hydrogen-bond acceptors (Lipinski definition) is 1. The predicted octanol–water partition coefficient (Wildman–Crippen LogP) is 6.15. The molecule has 2 nitrogen and oxygen atoms in total. The van der Waals surface area contributed by atoms with E-state index < -0.39 is 0 Å². The molecule has 2 unspecified atom stereocenters. The first-order chi connectivity index (χ1) is 13.0. The van der Waals surface area contributed by atoms with Gasteiger partial charge in [-0.05, 0) is 67.8 Å². The van der Waals surface area contributed by atoms with Crippen LogP contribution in [0, 0.1) is 12.0 Å². The van der Waals surface area contributed by atoms with Crippen LogP contribution in [0.4, 0.5) is 0 Å². The third-order valence-corrected chi connectivity index (χ3v) is 6.88. The molecule has 136 valence electrons. The van der Waals surface area contributed by atoms with Gasteiger partial charge in [-0.1, -0.05) is 34.8 Å². The van der Waals surface area contributed by atoms with Gasteiger partial charge >= 0.3 is 0 Å². The zero-order valence-electron chi connectivity index (χ0n) is 14.8. The van der Waals surface area contributed by atoms with Crippen molar-refractivity contribution in [3.63, 3.8) is 0 Å². The van der Waals surface area contributed by atoms with Crippen molar-refractivity contribution in [3.05, 3.63) is 68.3 Å². The minimum Gasteiger partial charge on any atom is -0.296 e. The predicted molar refractivity (Wildman–Crippen MR) is 113 cm³/mol. The van der Waals surface area contributed by atoms with Gasteiger partial charge in [-0.25, -0.2) is 0 Å². The van der Waals surface area contributed by atoms with Gasteiger partial charge in [-0.2, -0.15) is 0 Å². The molecule has 2 atom stereocenters. The molecule has 1 saturated heterocycles. The topological polar surface area (TPSA) is 8.17 Å². The van der Waals surface area contributed by atoms with Crippen LogP contribution in [0.2, 0.25) is 15.1 Å². The van der Waals surface area contributed by atoms with Crippen LogP contribution in [-0.2, 0) is 6.42 Å². The molecule has 0 aliphatic carbocycles. The Morgan fingerprint density at radius 1 is 1.00 bits per heavy atom. The molecule has 2 aromatic carbocycles. The molecule has 5 rings (SSSR count). The second-order valence-corrected chi connectivity index (χ2v) is 8.59. The van der Waals surface area contributed by atoms with Crippen LogP contribution in [0.15, 0.2) is 36.4 Å². The molecule has 0 radical (unpaired) electrons. The average molecular weight is 416 g/mol. The zero-order chi connectivity index (χ0) is 18.7. The van der Waals surface area contributed by atoms with E-state index in [-0.39, 0.29) is 0 Å². The molecule has 2 aliphatic rings. The third kappa shape index (κ3) is 2.77. The van der Waals surface area contributed by atoms with Crippen molar-refractivity contribution in [1.29, 1.82) is 0 Å². The van der Waals surface area contributed by atoms with E-state index in [0.29, 0.717) is 22.1 Å². The smallest absolute Gasteiger partial charge is 0.0619 e. The summed E-state index contributed by atoms with van der Waals surface area (Å²) >= 11 is 18.5. The van der Waals surface area contributed by atoms with Crippen molar-refractivity contribution in [2.24, 2.45) is 0 Å². The van der Waals surface area contributed by atoms with Crippen LogP contribution in [-0.4, -0.2) is 22.6 Å². The molecule has 1 fully saturated rings. The van der Waals surface area contributed by atoms with Crippen molar-refractivity contribution in [1.82, 2.24) is 9.47 Å². The van der Waals surface area contributed by atoms with Crippen molar-refractivity contribution < 1.29 is 0 Å². The normalized spacial score (nSPS) is 21.2. The van der Waals surface area contributed by atoms with Gasteiger partial charge in [0.1, 0.15) is 0 Å². The van der Waals surface area contributed by atoms with E-state index in [1.54, 1.807) is 6.07 Å². The summed E-state index contributed by atoms with van der Waals surface area (Å²) in [5.41, 5.74) is 4.69. The molecular formula is C22H17Cl3N2. The van der Waals surface area contributed by atoms with Crippen LogP contribution < -0.4 is 0 Å². The fraction of sp³-hybridized carbons (Fsp3) is 0.273. The number of halogens is 3. The molecule has 2 bridgehead atoms. The molecule has 2 aliphatic heterocycles. The lowest BCUT2D eigenvalue weighted by atomic mass is 9.97. The molecule has 1 aromatic heterocycles. The highest BCUT2D eigenvalue weighted by Gasteiger charge is 2.40. The lowest BCUT2D eigenvalue weighted by Gasteiger charge is -2.31. The van der Waals surface area contributed by atoms with Crippen molar-refractivity contribution >= 4 is 45.7 Å². The fourth-order valence-corrected chi connectivity index (χ4v) is 5.03. The number of hydrogen-bond donors (Lipinski definition) is 0. The fourth-order valence-electron chi connectivity index (χ4n) is 4.56. The van der Waals surface area contributed by atoms with Gasteiger partial charge in [0.15, 0.2) is 0 Å². The molecule has 0 saturated carbocycles. The van der Waals surface area contributed by atoms with Crippen LogP contribution in [0.3, 0.4) is 0 Å². The summed E-state index contributed by atoms with van der Waals surface area (Å²) in [6.45, 7) is 0. The summed E-state index contributed by atoms with van der Waals surface area (Å²) in [4.78, 5) is 2.51. The molecule has 3 aromatic rings. The maximum absolute atomic E-state index is 6.33. The highest BCUT2D eigenvalue weighted by Crippen LogP contribution is 2.46. The number of rotatable bonds is 0. The highest BCUT2D eigenvalue weighted by atomic mass is 35.5. The summed E-state index contributed by atoms with van der Waals surface area (Å²) in [7, 11) is 2.24. The van der Waals surface area contributed by atoms with Crippen LogP contribution >= 0.6 is 34.8 Å². The summed E-state index contributed by atoms with van der Waals surface area (Å²) in [5.74, 6) is 3.26. The summed E-state index contributed by atoms with van der Waals surface area (Å²) in [6.07, 6.45) is 3.45. The maximum Gasteiger partial charge on any atom is 0.0619 e. The Morgan fingerprint density at radius 3 is 2.67 bits per heavy atom. The second-order valence-electron chi connectivity index (χ2n) is 7.34. The van der Waals surface area contributed by atoms with E-state index >= 15 is 0 Å². The SMILES string of the molecule is CN1C2CCC1c1c(n(C#Cc3ccc(Cl)c(Cl)c3)c3ccc(Cl)cc13)C2. The van der Waals surface area contributed by atoms with Gasteiger partial charge in [0.25, 0.3) is 0 Å². The van der Waals surface area contributed by atoms with E-state index in [4.69, 9.17) is 34.8 Å². The number of aromatic nitrogens is 1. The Bertz CT molecular complexity index is 1140. The van der Waals surface area contributed by atoms with Crippen molar-refractivity contribution in [2.45, 2.75) is 31.3 Å². The Hall–Kier alpha value is -1.63. The van der Waals surface area contributed by atoms with Gasteiger partial charge < -0.3 is 0 Å². The Balaban J connectivity index is 1.71. The first kappa shape index (κ1) is 17.5. The van der Waals surface area contributed by atoms with Crippen LogP contribution in [0.25, 0.3) is 10.9 Å². The molecule has 0 amide bonds. The second kappa shape index (κ2) is 6.47. The summed E-state index contributed by atoms with van der Waals surface area (Å²) in [6, 6.07) is 16.0. The van der Waals surface area contributed by atoms with E-state index in [2.05, 4.69) is 40.6 Å². The van der Waals surface area contributed by atoms with Gasteiger partial charge in [-0.15, -0.1) is 0 Å². The van der Waals surface area contributed by atoms with E-state index in [1.807, 2.05) is 18.2 Å². The summed E-state index contributed by atoms with van der Waals surface area (Å²) < 4.78 is 2.15. The largest absolute Gasteiger partial charge is 0.296 e. The lowest BCUT2D eigenvalue weighted by molar-refractivity contribution is 0.223. The third-order valence-electron chi connectivity index (χ3n) is 5.91. The van der Waals surface area contributed by atoms with Gasteiger partial charge in [0, 0.05) is 46.2 Å². The van der Waals surface area contributed by atoms with E-state index in [1.165, 1.54) is 29.5 Å². The highest BCUT2D eigenvalue weighted by molar-refractivity contribution is 6.42. The Morgan fingerprint density at radius 2 is 1.85 bits per heavy atom. The van der Waals surface area contributed by atoms with Crippen LogP contribution in [0.5, 0.6) is 0 Å². The molecule has 0 spiro atoms. The standard InChI is InChI=1S/C22H17Cl3N2/c1-26-15-4-7-20(26)22-16-11-14(23)3-6-19(16)27(21(22)12-15)9-8-13-2-5-17(24)18(25)10-13/h2-3,5-6,10-11,15,20H,4,7,12H2,1H3. The first-order valence-corrected chi connectivity index (χ1v) is 10.2. The van der Waals surface area contributed by atoms with E-state index in [9.17, 15) is 0 Å². The van der Waals surface area contributed by atoms with Crippen molar-refractivity contribution in [2.75, 3.05) is 7.05 Å². The number of benzene rings is 2. The molecule has 3 heterocycles. The molecular weight excluding hydrogens is 399 g/mol.